The van der Waals surface area contributed by atoms with Crippen molar-refractivity contribution in [2.24, 2.45) is 0 Å². The Balaban J connectivity index is 1.60. The van der Waals surface area contributed by atoms with Crippen LogP contribution < -0.4 is 14.4 Å². The Morgan fingerprint density at radius 3 is 2.47 bits per heavy atom. The smallest absolute Gasteiger partial charge is 0.410 e. The summed E-state index contributed by atoms with van der Waals surface area (Å²) in [6.45, 7) is 0.296. The molecule has 0 bridgehead atoms. The first-order valence-corrected chi connectivity index (χ1v) is 10.8. The lowest BCUT2D eigenvalue weighted by Gasteiger charge is -2.31. The van der Waals surface area contributed by atoms with Gasteiger partial charge in [0.2, 0.25) is 0 Å². The van der Waals surface area contributed by atoms with Crippen molar-refractivity contribution < 1.29 is 22.3 Å². The first-order valence-electron chi connectivity index (χ1n) is 9.38. The molecule has 8 heteroatoms. The number of rotatable bonds is 4. The molecule has 0 atom stereocenters. The van der Waals surface area contributed by atoms with E-state index in [9.17, 15) is 17.6 Å². The Morgan fingerprint density at radius 2 is 1.73 bits per heavy atom. The molecule has 0 aromatic heterocycles. The van der Waals surface area contributed by atoms with Gasteiger partial charge in [-0.2, -0.15) is 0 Å². The van der Waals surface area contributed by atoms with Crippen molar-refractivity contribution in [2.75, 3.05) is 16.2 Å². The van der Waals surface area contributed by atoms with Crippen molar-refractivity contribution >= 4 is 27.5 Å². The molecule has 4 rings (SSSR count). The van der Waals surface area contributed by atoms with Gasteiger partial charge in [0, 0.05) is 12.2 Å². The summed E-state index contributed by atoms with van der Waals surface area (Å²) in [6, 6.07) is 18.5. The molecule has 1 aliphatic heterocycles. The third kappa shape index (κ3) is 4.13. The van der Waals surface area contributed by atoms with Gasteiger partial charge in [-0.05, 0) is 66.9 Å². The quantitative estimate of drug-likeness (QED) is 0.663. The number of amides is 1. The number of carbonyl (C=O) groups excluding carboxylic acids is 1. The number of ether oxygens (including phenoxy) is 1. The molecule has 0 radical (unpaired) electrons. The zero-order chi connectivity index (χ0) is 21.1. The lowest BCUT2D eigenvalue weighted by molar-refractivity contribution is 0.215. The van der Waals surface area contributed by atoms with Crippen molar-refractivity contribution in [3.05, 3.63) is 84.2 Å². The second kappa shape index (κ2) is 8.16. The normalized spacial score (nSPS) is 13.4. The third-order valence-corrected chi connectivity index (χ3v) is 6.59. The van der Waals surface area contributed by atoms with E-state index in [2.05, 4.69) is 5.32 Å². The molecule has 1 amide bonds. The fourth-order valence-electron chi connectivity index (χ4n) is 3.34. The highest BCUT2D eigenvalue weighted by Gasteiger charge is 2.29. The number of nitrogens with one attached hydrogen (secondary N) is 1. The Bertz CT molecular complexity index is 1170. The van der Waals surface area contributed by atoms with Crippen LogP contribution in [0.3, 0.4) is 0 Å². The molecule has 1 aliphatic rings. The Kier molecular flexibility index (Phi) is 5.41. The SMILES string of the molecule is O=C(Nc1ccc2c(c1)N(S(=O)(=O)c1ccc(F)cc1)CCC2)Oc1ccccc1. The van der Waals surface area contributed by atoms with Gasteiger partial charge in [0.15, 0.2) is 0 Å². The first kappa shape index (κ1) is 19.9. The van der Waals surface area contributed by atoms with Gasteiger partial charge < -0.3 is 4.74 Å². The van der Waals surface area contributed by atoms with Gasteiger partial charge in [0.05, 0.1) is 10.6 Å². The minimum absolute atomic E-state index is 0.0126. The van der Waals surface area contributed by atoms with E-state index in [0.717, 1.165) is 24.1 Å². The summed E-state index contributed by atoms with van der Waals surface area (Å²) >= 11 is 0. The van der Waals surface area contributed by atoms with Crippen LogP contribution in [-0.2, 0) is 16.4 Å². The third-order valence-electron chi connectivity index (χ3n) is 4.76. The summed E-state index contributed by atoms with van der Waals surface area (Å²) in [6.07, 6.45) is 0.709. The summed E-state index contributed by atoms with van der Waals surface area (Å²) in [7, 11) is -3.86. The second-order valence-corrected chi connectivity index (χ2v) is 8.67. The Hall–Kier alpha value is -3.39. The van der Waals surface area contributed by atoms with Crippen LogP contribution in [0.1, 0.15) is 12.0 Å². The van der Waals surface area contributed by atoms with Gasteiger partial charge in [0.25, 0.3) is 10.0 Å². The van der Waals surface area contributed by atoms with Crippen LogP contribution in [0.25, 0.3) is 0 Å². The number of benzene rings is 3. The van der Waals surface area contributed by atoms with Gasteiger partial charge >= 0.3 is 6.09 Å². The standard InChI is InChI=1S/C22H19FN2O4S/c23-17-9-12-20(13-10-17)30(27,28)25-14-4-5-16-8-11-18(15-21(16)25)24-22(26)29-19-6-2-1-3-7-19/h1-3,6-13,15H,4-5,14H2,(H,24,26). The zero-order valence-electron chi connectivity index (χ0n) is 15.9. The highest BCUT2D eigenvalue weighted by atomic mass is 32.2. The predicted octanol–water partition coefficient (Wildman–Crippen LogP) is 4.58. The topological polar surface area (TPSA) is 75.7 Å². The number of para-hydroxylation sites is 1. The molecule has 3 aromatic carbocycles. The average molecular weight is 426 g/mol. The zero-order valence-corrected chi connectivity index (χ0v) is 16.7. The van der Waals surface area contributed by atoms with Crippen molar-refractivity contribution in [2.45, 2.75) is 17.7 Å². The van der Waals surface area contributed by atoms with Crippen LogP contribution in [0.2, 0.25) is 0 Å². The van der Waals surface area contributed by atoms with Crippen LogP contribution >= 0.6 is 0 Å². The molecule has 0 unspecified atom stereocenters. The summed E-state index contributed by atoms with van der Waals surface area (Å²) < 4.78 is 46.0. The number of carbonyl (C=O) groups is 1. The number of sulfonamides is 1. The summed E-state index contributed by atoms with van der Waals surface area (Å²) in [4.78, 5) is 12.2. The van der Waals surface area contributed by atoms with Gasteiger partial charge in [-0.25, -0.2) is 17.6 Å². The van der Waals surface area contributed by atoms with Crippen molar-refractivity contribution in [1.82, 2.24) is 0 Å². The number of aryl methyl sites for hydroxylation is 1. The summed E-state index contributed by atoms with van der Waals surface area (Å²) in [5.74, 6) is -0.107. The minimum Gasteiger partial charge on any atom is -0.410 e. The van der Waals surface area contributed by atoms with E-state index < -0.39 is 21.9 Å². The number of hydrogen-bond acceptors (Lipinski definition) is 4. The predicted molar refractivity (Wildman–Crippen MR) is 112 cm³/mol. The van der Waals surface area contributed by atoms with E-state index in [4.69, 9.17) is 4.74 Å². The first-order chi connectivity index (χ1) is 14.4. The molecule has 1 heterocycles. The fraction of sp³-hybridized carbons (Fsp3) is 0.136. The van der Waals surface area contributed by atoms with E-state index in [1.165, 1.54) is 16.4 Å². The number of hydrogen-bond donors (Lipinski definition) is 1. The van der Waals surface area contributed by atoms with E-state index in [-0.39, 0.29) is 4.90 Å². The van der Waals surface area contributed by atoms with E-state index in [1.54, 1.807) is 42.5 Å². The molecule has 0 aliphatic carbocycles. The molecule has 154 valence electrons. The van der Waals surface area contributed by atoms with E-state index in [0.29, 0.717) is 30.1 Å². The monoisotopic (exact) mass is 426 g/mol. The van der Waals surface area contributed by atoms with Crippen LogP contribution in [0.15, 0.2) is 77.7 Å². The maximum atomic E-state index is 13.2. The Labute approximate surface area is 174 Å². The second-order valence-electron chi connectivity index (χ2n) is 6.81. The molecule has 0 saturated heterocycles. The lowest BCUT2D eigenvalue weighted by atomic mass is 10.0. The molecule has 1 N–H and O–H groups in total. The molecule has 0 saturated carbocycles. The fourth-order valence-corrected chi connectivity index (χ4v) is 4.87. The lowest BCUT2D eigenvalue weighted by Crippen LogP contribution is -2.35. The highest BCUT2D eigenvalue weighted by Crippen LogP contribution is 2.34. The van der Waals surface area contributed by atoms with Crippen molar-refractivity contribution in [1.29, 1.82) is 0 Å². The number of fused-ring (bicyclic) bond motifs is 1. The number of anilines is 2. The largest absolute Gasteiger partial charge is 0.417 e. The van der Waals surface area contributed by atoms with E-state index in [1.807, 2.05) is 6.07 Å². The summed E-state index contributed by atoms with van der Waals surface area (Å²) in [5, 5.41) is 2.63. The van der Waals surface area contributed by atoms with Crippen LogP contribution in [0, 0.1) is 5.82 Å². The molecule has 0 spiro atoms. The molecular weight excluding hydrogens is 407 g/mol. The van der Waals surface area contributed by atoms with Gasteiger partial charge in [-0.3, -0.25) is 9.62 Å². The van der Waals surface area contributed by atoms with Crippen LogP contribution in [0.5, 0.6) is 5.75 Å². The maximum absolute atomic E-state index is 13.2. The van der Waals surface area contributed by atoms with Gasteiger partial charge in [-0.1, -0.05) is 24.3 Å². The number of nitrogens with zero attached hydrogens (tertiary/aromatic N) is 1. The Morgan fingerprint density at radius 1 is 1.00 bits per heavy atom. The maximum Gasteiger partial charge on any atom is 0.417 e. The minimum atomic E-state index is -3.86. The van der Waals surface area contributed by atoms with Crippen molar-refractivity contribution in [3.8, 4) is 5.75 Å². The molecule has 0 fully saturated rings. The van der Waals surface area contributed by atoms with Gasteiger partial charge in [0.1, 0.15) is 11.6 Å². The van der Waals surface area contributed by atoms with Crippen LogP contribution in [0.4, 0.5) is 20.6 Å². The van der Waals surface area contributed by atoms with Crippen molar-refractivity contribution in [3.63, 3.8) is 0 Å². The van der Waals surface area contributed by atoms with E-state index >= 15 is 0 Å². The molecule has 30 heavy (non-hydrogen) atoms. The average Bonchev–Trinajstić information content (AvgIpc) is 2.74. The molecular formula is C22H19FN2O4S. The summed E-state index contributed by atoms with van der Waals surface area (Å²) in [5.41, 5.74) is 1.76. The highest BCUT2D eigenvalue weighted by molar-refractivity contribution is 7.92. The molecule has 3 aromatic rings. The number of halogens is 1. The molecule has 6 nitrogen and oxygen atoms in total. The van der Waals surface area contributed by atoms with Gasteiger partial charge in [-0.15, -0.1) is 0 Å². The van der Waals surface area contributed by atoms with Crippen LogP contribution in [-0.4, -0.2) is 21.1 Å².